The highest BCUT2D eigenvalue weighted by molar-refractivity contribution is 7.00. The minimum Gasteiger partial charge on any atom is -0.405 e. The molecule has 3 atom stereocenters. The first-order chi connectivity index (χ1) is 29.8. The van der Waals surface area contributed by atoms with Crippen molar-refractivity contribution in [2.24, 2.45) is 0 Å². The third-order valence-electron chi connectivity index (χ3n) is 11.0. The van der Waals surface area contributed by atoms with Crippen LogP contribution in [0.25, 0.3) is 0 Å². The van der Waals surface area contributed by atoms with Gasteiger partial charge in [-0.2, -0.15) is 13.8 Å². The number of rotatable bonds is 11. The number of carbonyl (C=O) groups excluding carboxylic acids is 1. The number of hydrogen-bond acceptors (Lipinski definition) is 9. The first kappa shape index (κ1) is 46.6. The molecule has 12 nitrogen and oxygen atoms in total. The smallest absolute Gasteiger partial charge is 0.351 e. The number of ether oxygens (including phenoxy) is 1. The van der Waals surface area contributed by atoms with Crippen LogP contribution in [0.2, 0.25) is 10.1 Å². The van der Waals surface area contributed by atoms with E-state index in [2.05, 4.69) is 41.0 Å². The molecule has 16 heteroatoms. The zero-order valence-corrected chi connectivity index (χ0v) is 38.4. The van der Waals surface area contributed by atoms with Crippen LogP contribution in [0.5, 0.6) is 0 Å². The van der Waals surface area contributed by atoms with Crippen LogP contribution in [0.4, 0.5) is 20.4 Å². The number of aromatic nitrogens is 4. The average Bonchev–Trinajstić information content (AvgIpc) is 3.48. The van der Waals surface area contributed by atoms with E-state index < -0.39 is 62.4 Å². The number of alkyl halides is 2. The highest BCUT2D eigenvalue weighted by atomic mass is 28.4. The van der Waals surface area contributed by atoms with Gasteiger partial charge in [-0.1, -0.05) is 163 Å². The van der Waals surface area contributed by atoms with Crippen LogP contribution in [0.1, 0.15) is 54.7 Å². The standard InChI is InChI=1S/C41H47F2N3O4Si2.C6H7N3O2/c1-39(2,3)51(30-19-11-7-12-20-30,31-21-13-8-14-22-31)48-29-34-36(41(42,43)37(49-34)46-28-27-35(44)45-38(46)47)50-52(40(4,5)6,32-23-15-9-16-24-32)33-25-17-10-18-26-33;1-4(10)8-5-2-3-7-6(11)9-5/h7-28,34,36-37H,29H2,1-6H3,(H2,44,45,47);2-3H,1H3,(H2,7,8,9,10,11)/t34-,36?,37?;/m1./s1. The van der Waals surface area contributed by atoms with Gasteiger partial charge in [0.25, 0.3) is 16.6 Å². The maximum Gasteiger partial charge on any atom is 0.351 e. The molecule has 330 valence electrons. The maximum absolute atomic E-state index is 17.4. The first-order valence-electron chi connectivity index (χ1n) is 20.6. The fourth-order valence-electron chi connectivity index (χ4n) is 8.33. The van der Waals surface area contributed by atoms with Crippen LogP contribution < -0.4 is 43.2 Å². The lowest BCUT2D eigenvalue weighted by molar-refractivity contribution is -0.137. The Hall–Kier alpha value is -5.92. The van der Waals surface area contributed by atoms with E-state index in [0.29, 0.717) is 5.82 Å². The van der Waals surface area contributed by atoms with Gasteiger partial charge in [0.2, 0.25) is 12.1 Å². The predicted octanol–water partition coefficient (Wildman–Crippen LogP) is 5.61. The van der Waals surface area contributed by atoms with Gasteiger partial charge in [-0.25, -0.2) is 14.6 Å². The molecule has 0 saturated carbocycles. The summed E-state index contributed by atoms with van der Waals surface area (Å²) in [5.74, 6) is -3.65. The molecule has 0 bridgehead atoms. The summed E-state index contributed by atoms with van der Waals surface area (Å²) in [7, 11) is -6.77. The van der Waals surface area contributed by atoms with E-state index in [0.717, 1.165) is 25.3 Å². The molecule has 6 aromatic rings. The molecule has 2 aromatic heterocycles. The molecular weight excluding hydrogens is 839 g/mol. The molecule has 0 spiro atoms. The Labute approximate surface area is 367 Å². The van der Waals surface area contributed by atoms with Crippen LogP contribution in [0.3, 0.4) is 0 Å². The lowest BCUT2D eigenvalue weighted by Crippen LogP contribution is -2.70. The van der Waals surface area contributed by atoms with Crippen LogP contribution in [-0.4, -0.2) is 66.8 Å². The van der Waals surface area contributed by atoms with Gasteiger partial charge < -0.3 is 24.6 Å². The van der Waals surface area contributed by atoms with E-state index >= 15 is 8.78 Å². The molecule has 1 saturated heterocycles. The van der Waals surface area contributed by atoms with Gasteiger partial charge in [0, 0.05) is 19.3 Å². The van der Waals surface area contributed by atoms with Gasteiger partial charge in [-0.15, -0.1) is 0 Å². The molecule has 63 heavy (non-hydrogen) atoms. The molecule has 1 aliphatic rings. The molecule has 2 unspecified atom stereocenters. The van der Waals surface area contributed by atoms with E-state index in [1.807, 2.05) is 142 Å². The number of nitrogens with zero attached hydrogens (tertiary/aromatic N) is 3. The SMILES string of the molecule is CC(=O)Nc1ccnc(=O)[nH]1.CC(C)(C)[Si](OC[C@H]1OC(n2ccc(N)nc2=O)C(F)(F)C1O[Si](c1ccccc1)(c1ccccc1)C(C)(C)C)(c1ccccc1)c1ccccc1. The molecule has 7 rings (SSSR count). The Morgan fingerprint density at radius 3 is 1.65 bits per heavy atom. The minimum absolute atomic E-state index is 0.0748. The molecule has 0 aliphatic carbocycles. The maximum atomic E-state index is 17.4. The van der Waals surface area contributed by atoms with Crippen molar-refractivity contribution in [3.63, 3.8) is 0 Å². The van der Waals surface area contributed by atoms with E-state index in [9.17, 15) is 14.4 Å². The van der Waals surface area contributed by atoms with Crippen molar-refractivity contribution in [1.29, 1.82) is 0 Å². The molecule has 0 radical (unpaired) electrons. The third kappa shape index (κ3) is 9.69. The highest BCUT2D eigenvalue weighted by Crippen LogP contribution is 2.48. The number of anilines is 2. The molecule has 4 aromatic carbocycles. The largest absolute Gasteiger partial charge is 0.405 e. The lowest BCUT2D eigenvalue weighted by atomic mass is 10.1. The zero-order chi connectivity index (χ0) is 45.6. The van der Waals surface area contributed by atoms with Crippen LogP contribution in [0.15, 0.2) is 155 Å². The van der Waals surface area contributed by atoms with Crippen molar-refractivity contribution in [1.82, 2.24) is 19.5 Å². The number of halogens is 2. The van der Waals surface area contributed by atoms with Crippen molar-refractivity contribution in [2.45, 2.75) is 82.9 Å². The number of nitrogens with two attached hydrogens (primary N) is 1. The van der Waals surface area contributed by atoms with E-state index in [1.165, 1.54) is 31.5 Å². The van der Waals surface area contributed by atoms with Crippen molar-refractivity contribution in [3.8, 4) is 0 Å². The lowest BCUT2D eigenvalue weighted by Gasteiger charge is -2.46. The number of carbonyl (C=O) groups is 1. The second kappa shape index (κ2) is 18.8. The summed E-state index contributed by atoms with van der Waals surface area (Å²) < 4.78 is 56.4. The van der Waals surface area contributed by atoms with Crippen molar-refractivity contribution < 1.29 is 27.2 Å². The monoisotopic (exact) mass is 892 g/mol. The summed E-state index contributed by atoms with van der Waals surface area (Å²) in [5.41, 5.74) is 4.35. The number of H-pyrrole nitrogens is 1. The summed E-state index contributed by atoms with van der Waals surface area (Å²) in [6.45, 7) is 13.6. The second-order valence-electron chi connectivity index (χ2n) is 17.4. The number of aromatic amines is 1. The number of benzene rings is 4. The zero-order valence-electron chi connectivity index (χ0n) is 36.4. The molecule has 4 N–H and O–H groups in total. The number of nitrogens with one attached hydrogen (secondary N) is 2. The van der Waals surface area contributed by atoms with Crippen LogP contribution in [-0.2, 0) is 18.4 Å². The second-order valence-corrected chi connectivity index (χ2v) is 25.9. The Morgan fingerprint density at radius 2 is 1.24 bits per heavy atom. The number of amides is 1. The fourth-order valence-corrected chi connectivity index (χ4v) is 17.6. The first-order valence-corrected chi connectivity index (χ1v) is 24.4. The molecule has 1 amide bonds. The summed E-state index contributed by atoms with van der Waals surface area (Å²) >= 11 is 0. The van der Waals surface area contributed by atoms with Crippen LogP contribution >= 0.6 is 0 Å². The molecule has 1 aliphatic heterocycles. The Morgan fingerprint density at radius 1 is 0.778 bits per heavy atom. The fraction of sp³-hybridized carbons (Fsp3) is 0.298. The Kier molecular flexibility index (Phi) is 13.9. The molecular formula is C47H54F2N6O6Si2. The topological polar surface area (TPSA) is 163 Å². The van der Waals surface area contributed by atoms with E-state index in [-0.39, 0.29) is 18.3 Å². The highest BCUT2D eigenvalue weighted by Gasteiger charge is 2.65. The Bertz CT molecular complexity index is 2490. The van der Waals surface area contributed by atoms with Gasteiger partial charge in [0.1, 0.15) is 23.8 Å². The van der Waals surface area contributed by atoms with Crippen molar-refractivity contribution in [3.05, 3.63) is 167 Å². The molecule has 3 heterocycles. The molecule has 1 fully saturated rings. The summed E-state index contributed by atoms with van der Waals surface area (Å²) in [6.07, 6.45) is -2.60. The van der Waals surface area contributed by atoms with E-state index in [4.69, 9.17) is 19.3 Å². The quantitative estimate of drug-likeness (QED) is 0.141. The summed E-state index contributed by atoms with van der Waals surface area (Å²) in [4.78, 5) is 43.6. The number of nitrogen functional groups attached to an aromatic ring is 1. The Balaban J connectivity index is 0.000000524. The van der Waals surface area contributed by atoms with Crippen LogP contribution in [0, 0.1) is 0 Å². The van der Waals surface area contributed by atoms with Gasteiger partial charge in [0.05, 0.1) is 6.61 Å². The summed E-state index contributed by atoms with van der Waals surface area (Å²) in [5, 5.41) is 5.04. The van der Waals surface area contributed by atoms with Crippen molar-refractivity contribution in [2.75, 3.05) is 17.7 Å². The predicted molar refractivity (Wildman–Crippen MR) is 247 cm³/mol. The van der Waals surface area contributed by atoms with Gasteiger partial charge in [0.15, 0.2) is 0 Å². The minimum atomic E-state index is -3.70. The van der Waals surface area contributed by atoms with E-state index in [1.54, 1.807) is 0 Å². The average molecular weight is 893 g/mol. The summed E-state index contributed by atoms with van der Waals surface area (Å²) in [6, 6.07) is 42.1. The number of hydrogen-bond donors (Lipinski definition) is 3. The normalized spacial score (nSPS) is 17.6. The van der Waals surface area contributed by atoms with Gasteiger partial charge in [-0.3, -0.25) is 14.3 Å². The third-order valence-corrected chi connectivity index (χ3v) is 21.1. The van der Waals surface area contributed by atoms with Gasteiger partial charge in [-0.05, 0) is 43.0 Å². The van der Waals surface area contributed by atoms with Gasteiger partial charge >= 0.3 is 17.3 Å². The van der Waals surface area contributed by atoms with Crippen molar-refractivity contribution >= 4 is 54.9 Å².